The van der Waals surface area contributed by atoms with E-state index < -0.39 is 100.0 Å². The number of halogens is 8. The summed E-state index contributed by atoms with van der Waals surface area (Å²) >= 11 is 0. The van der Waals surface area contributed by atoms with Crippen molar-refractivity contribution < 1.29 is 116 Å². The highest BCUT2D eigenvalue weighted by Crippen LogP contribution is 2.28. The number of carbonyl (C=O) groups excluding carboxylic acids is 10. The Morgan fingerprint density at radius 3 is 0.826 bits per heavy atom. The van der Waals surface area contributed by atoms with E-state index in [4.69, 9.17) is 61.8 Å². The van der Waals surface area contributed by atoms with Gasteiger partial charge in [0.25, 0.3) is 29.5 Å². The first kappa shape index (κ1) is 105. The fourth-order valence-corrected chi connectivity index (χ4v) is 12.0. The van der Waals surface area contributed by atoms with Gasteiger partial charge in [0.1, 0.15) is 90.9 Å². The van der Waals surface area contributed by atoms with Crippen LogP contribution in [-0.4, -0.2) is 118 Å². The normalized spacial score (nSPS) is 10.4. The van der Waals surface area contributed by atoms with Crippen molar-refractivity contribution in [2.75, 3.05) is 40.3 Å². The molecule has 0 bridgehead atoms. The van der Waals surface area contributed by atoms with Gasteiger partial charge in [0.05, 0.1) is 89.2 Å². The number of aryl methyl sites for hydroxylation is 1. The summed E-state index contributed by atoms with van der Waals surface area (Å²) in [6, 6.07) is 42.1. The standard InChI is InChI=1S/C21H17F2N3O4.C21H19FN4O4.C20H17FN4O3.2C19H14F2N4O3/c1-29-19-5-2-12(8-18(19)23)21(28)26-15-3-4-17(22)14(6-15)11-30-16-7-13(20(24)27)9-25-10-16;1-2-29-19-6-3-13(10-25-19)21(28)26-16-4-5-18(22)15(7-16)12-30-17-8-14(20(23)27)9-24-11-17;1-12-2-3-13(9-24-12)20(27)25-16-4-5-18(21)15(6-16)11-28-17-7-14(19(22)26)8-23-10-17;20-16-3-2-14(25-19(27)11-1-4-17(21)24-8-11)5-13(16)10-28-15-6-12(18(22)26)7-23-9-15;20-16-2-1-14(25-19(27)11-3-4-24-17(21)7-11)5-13(16)10-28-15-6-12(18(22)26)8-23-9-15/h2-10H,11H2,1H3,(H2,24,27)(H,26,28);3-11H,2,12H2,1H3,(H2,23,27)(H,26,28);2-10H,11H2,1H3,(H2,22,26)(H,25,27);2*1-9H,10H2,(H2,22,26)(H,25,27). The molecule has 15 rings (SSSR count). The van der Waals surface area contributed by atoms with Crippen molar-refractivity contribution in [3.8, 4) is 40.4 Å². The zero-order valence-corrected chi connectivity index (χ0v) is 75.6. The van der Waals surface area contributed by atoms with Gasteiger partial charge in [0, 0.05) is 141 Å². The van der Waals surface area contributed by atoms with Gasteiger partial charge in [-0.3, -0.25) is 77.8 Å². The van der Waals surface area contributed by atoms with E-state index in [9.17, 15) is 83.1 Å². The number of nitrogens with zero attached hydrogens (tertiary/aromatic N) is 9. The first-order chi connectivity index (χ1) is 69.1. The average Bonchev–Trinajstić information content (AvgIpc) is 0.840. The molecule has 10 amide bonds. The molecule has 0 radical (unpaired) electrons. The van der Waals surface area contributed by atoms with Crippen LogP contribution in [0.1, 0.15) is 144 Å². The Hall–Kier alpha value is -19.6. The molecule has 0 saturated carbocycles. The summed E-state index contributed by atoms with van der Waals surface area (Å²) in [5, 5.41) is 13.1. The van der Waals surface area contributed by atoms with E-state index >= 15 is 0 Å². The number of aromatic nitrogens is 9. The fourth-order valence-electron chi connectivity index (χ4n) is 12.0. The van der Waals surface area contributed by atoms with E-state index in [0.29, 0.717) is 52.1 Å². The van der Waals surface area contributed by atoms with Crippen LogP contribution in [0.4, 0.5) is 63.6 Å². The van der Waals surface area contributed by atoms with Gasteiger partial charge in [-0.25, -0.2) is 41.3 Å². The van der Waals surface area contributed by atoms with Crippen LogP contribution in [0.3, 0.4) is 0 Å². The van der Waals surface area contributed by atoms with E-state index in [0.717, 1.165) is 30.1 Å². The van der Waals surface area contributed by atoms with E-state index in [-0.39, 0.29) is 146 Å². The Bertz CT molecular complexity index is 7050. The fraction of sp³-hybridized carbons (Fsp3) is 0.0900. The third-order valence-corrected chi connectivity index (χ3v) is 19.3. The second-order valence-electron chi connectivity index (χ2n) is 29.7. The van der Waals surface area contributed by atoms with Gasteiger partial charge < -0.3 is 88.4 Å². The molecule has 734 valence electrons. The number of hydrogen-bond acceptors (Lipinski definition) is 26. The average molecular weight is 1970 g/mol. The quantitative estimate of drug-likeness (QED) is 0.0135. The number of methoxy groups -OCH3 is 1. The lowest BCUT2D eigenvalue weighted by Crippen LogP contribution is -2.13. The lowest BCUT2D eigenvalue weighted by Gasteiger charge is -2.11. The van der Waals surface area contributed by atoms with Crippen LogP contribution in [0.5, 0.6) is 40.4 Å². The van der Waals surface area contributed by atoms with Crippen LogP contribution in [0.2, 0.25) is 0 Å². The summed E-state index contributed by atoms with van der Waals surface area (Å²) in [6.07, 6.45) is 18.4. The molecule has 44 heteroatoms. The Kier molecular flexibility index (Phi) is 37.1. The second kappa shape index (κ2) is 51.0. The zero-order valence-electron chi connectivity index (χ0n) is 75.6. The lowest BCUT2D eigenvalue weighted by atomic mass is 10.1. The van der Waals surface area contributed by atoms with Crippen LogP contribution >= 0.6 is 0 Å². The SMILES string of the molecule is CCOc1ccc(C(=O)Nc2ccc(F)c(COc3cncc(C(N)=O)c3)c2)cn1.COc1ccc(C(=O)Nc2ccc(F)c(COc3cncc(C(N)=O)c3)c2)cc1F.Cc1ccc(C(=O)Nc2ccc(F)c(COc3cncc(C(N)=O)c3)c2)cn1.NC(=O)c1cncc(OCc2cc(NC(=O)c3ccc(F)nc3)ccc2F)c1.NC(=O)c1cncc(OCc2cc(NC(=O)c3ccnc(F)c3)ccc2F)c1. The Balaban J connectivity index is 0.000000172. The van der Waals surface area contributed by atoms with Gasteiger partial charge >= 0.3 is 0 Å². The molecule has 9 heterocycles. The van der Waals surface area contributed by atoms with Gasteiger partial charge in [0.2, 0.25) is 47.3 Å². The van der Waals surface area contributed by atoms with Crippen molar-refractivity contribution >= 4 is 87.5 Å². The number of pyridine rings is 9. The van der Waals surface area contributed by atoms with E-state index in [1.165, 1.54) is 233 Å². The van der Waals surface area contributed by atoms with Gasteiger partial charge in [0.15, 0.2) is 11.6 Å². The number of amides is 10. The van der Waals surface area contributed by atoms with E-state index in [2.05, 4.69) is 71.4 Å². The highest BCUT2D eigenvalue weighted by atomic mass is 19.2. The van der Waals surface area contributed by atoms with E-state index in [1.54, 1.807) is 24.3 Å². The monoisotopic (exact) mass is 1970 g/mol. The molecular formula is C100H81F8N19O17. The molecule has 36 nitrogen and oxygen atoms in total. The smallest absolute Gasteiger partial charge is 0.257 e. The summed E-state index contributed by atoms with van der Waals surface area (Å²) in [6.45, 7) is 3.35. The summed E-state index contributed by atoms with van der Waals surface area (Å²) in [7, 11) is 1.32. The topological polar surface area (TPSA) is 542 Å². The predicted octanol–water partition coefficient (Wildman–Crippen LogP) is 14.5. The van der Waals surface area contributed by atoms with Crippen LogP contribution < -0.4 is 88.4 Å². The third kappa shape index (κ3) is 31.7. The largest absolute Gasteiger partial charge is 0.494 e. The Morgan fingerprint density at radius 1 is 0.271 bits per heavy atom. The second-order valence-corrected chi connectivity index (χ2v) is 29.7. The molecule has 0 fully saturated rings. The molecular weight excluding hydrogens is 1890 g/mol. The van der Waals surface area contributed by atoms with Crippen molar-refractivity contribution in [3.63, 3.8) is 0 Å². The maximum atomic E-state index is 14.2. The number of hydrogen-bond donors (Lipinski definition) is 10. The van der Waals surface area contributed by atoms with Crippen molar-refractivity contribution in [2.24, 2.45) is 28.7 Å². The minimum Gasteiger partial charge on any atom is -0.494 e. The first-order valence-electron chi connectivity index (χ1n) is 42.0. The third-order valence-electron chi connectivity index (χ3n) is 19.3. The number of primary amides is 5. The Labute approximate surface area is 811 Å². The van der Waals surface area contributed by atoms with Crippen LogP contribution in [0.15, 0.2) is 275 Å². The molecule has 0 spiro atoms. The highest BCUT2D eigenvalue weighted by molar-refractivity contribution is 6.07. The maximum Gasteiger partial charge on any atom is 0.257 e. The lowest BCUT2D eigenvalue weighted by molar-refractivity contribution is 0.0991. The summed E-state index contributed by atoms with van der Waals surface area (Å²) in [5.74, 6) is -8.83. The summed E-state index contributed by atoms with van der Waals surface area (Å²) in [5.41, 5.74) is 31.2. The zero-order chi connectivity index (χ0) is 103. The van der Waals surface area contributed by atoms with E-state index in [1.807, 2.05) is 13.8 Å². The number of carbonyl (C=O) groups is 10. The minimum atomic E-state index is -0.785. The molecule has 0 aliphatic rings. The molecule has 9 aromatic heterocycles. The molecule has 0 saturated heterocycles. The molecule has 0 unspecified atom stereocenters. The summed E-state index contributed by atoms with van der Waals surface area (Å²) in [4.78, 5) is 151. The number of benzene rings is 6. The molecule has 144 heavy (non-hydrogen) atoms. The molecule has 6 aromatic carbocycles. The van der Waals surface area contributed by atoms with Gasteiger partial charge in [-0.15, -0.1) is 0 Å². The number of ether oxygens (including phenoxy) is 7. The molecule has 0 aliphatic heterocycles. The van der Waals surface area contributed by atoms with Gasteiger partial charge in [-0.2, -0.15) is 8.78 Å². The number of anilines is 5. The van der Waals surface area contributed by atoms with Crippen LogP contribution in [0, 0.1) is 53.7 Å². The Morgan fingerprint density at radius 2 is 0.562 bits per heavy atom. The van der Waals surface area contributed by atoms with Crippen LogP contribution in [-0.2, 0) is 33.0 Å². The summed E-state index contributed by atoms with van der Waals surface area (Å²) < 4.78 is 148. The van der Waals surface area contributed by atoms with Crippen molar-refractivity contribution in [1.82, 2.24) is 44.9 Å². The molecule has 15 N–H and O–H groups in total. The van der Waals surface area contributed by atoms with Crippen molar-refractivity contribution in [2.45, 2.75) is 46.9 Å². The molecule has 0 aliphatic carbocycles. The molecule has 0 atom stereocenters. The van der Waals surface area contributed by atoms with Crippen molar-refractivity contribution in [3.05, 3.63) is 411 Å². The van der Waals surface area contributed by atoms with Crippen LogP contribution in [0.25, 0.3) is 0 Å². The predicted molar refractivity (Wildman–Crippen MR) is 503 cm³/mol. The highest BCUT2D eigenvalue weighted by Gasteiger charge is 2.21. The first-order valence-corrected chi connectivity index (χ1v) is 42.0. The maximum absolute atomic E-state index is 14.2. The number of nitrogens with one attached hydrogen (secondary N) is 5. The number of rotatable bonds is 33. The minimum absolute atomic E-state index is 0.0164. The van der Waals surface area contributed by atoms with Gasteiger partial charge in [-0.1, -0.05) is 0 Å². The molecule has 15 aromatic rings. The number of nitrogens with two attached hydrogens (primary N) is 5. The van der Waals surface area contributed by atoms with Crippen molar-refractivity contribution in [1.29, 1.82) is 0 Å². The van der Waals surface area contributed by atoms with Gasteiger partial charge in [-0.05, 0) is 190 Å².